The van der Waals surface area contributed by atoms with Crippen molar-refractivity contribution < 1.29 is 4.79 Å². The Kier molecular flexibility index (Phi) is 7.67. The van der Waals surface area contributed by atoms with Gasteiger partial charge in [0.2, 0.25) is 5.91 Å². The quantitative estimate of drug-likeness (QED) is 0.828. The summed E-state index contributed by atoms with van der Waals surface area (Å²) in [6, 6.07) is 8.11. The van der Waals surface area contributed by atoms with E-state index >= 15 is 0 Å². The summed E-state index contributed by atoms with van der Waals surface area (Å²) < 4.78 is 0. The summed E-state index contributed by atoms with van der Waals surface area (Å²) in [6.07, 6.45) is 4.72. The third-order valence-electron chi connectivity index (χ3n) is 4.58. The maximum absolute atomic E-state index is 12.1. The SMILES string of the molecule is CNCC(C)C(=O)NCC1(c2ccc(Cl)cc2)CCCC1.Cl. The Labute approximate surface area is 144 Å². The van der Waals surface area contributed by atoms with Gasteiger partial charge in [0.1, 0.15) is 0 Å². The molecule has 2 N–H and O–H groups in total. The van der Waals surface area contributed by atoms with Crippen LogP contribution in [0.1, 0.15) is 38.2 Å². The predicted molar refractivity (Wildman–Crippen MR) is 94.9 cm³/mol. The molecular formula is C17H26Cl2N2O. The number of carbonyl (C=O) groups is 1. The van der Waals surface area contributed by atoms with Crippen LogP contribution in [0.2, 0.25) is 5.02 Å². The van der Waals surface area contributed by atoms with Gasteiger partial charge in [-0.05, 0) is 37.6 Å². The maximum atomic E-state index is 12.1. The molecule has 22 heavy (non-hydrogen) atoms. The lowest BCUT2D eigenvalue weighted by atomic mass is 9.78. The lowest BCUT2D eigenvalue weighted by molar-refractivity contribution is -0.124. The molecule has 1 amide bonds. The van der Waals surface area contributed by atoms with E-state index in [1.54, 1.807) is 0 Å². The van der Waals surface area contributed by atoms with Crippen LogP contribution in [0.25, 0.3) is 0 Å². The second kappa shape index (κ2) is 8.76. The van der Waals surface area contributed by atoms with E-state index in [9.17, 15) is 4.79 Å². The monoisotopic (exact) mass is 344 g/mol. The van der Waals surface area contributed by atoms with Crippen LogP contribution >= 0.6 is 24.0 Å². The van der Waals surface area contributed by atoms with Gasteiger partial charge in [-0.3, -0.25) is 4.79 Å². The second-order valence-electron chi connectivity index (χ2n) is 6.17. The van der Waals surface area contributed by atoms with Gasteiger partial charge >= 0.3 is 0 Å². The number of halogens is 2. The number of nitrogens with one attached hydrogen (secondary N) is 2. The smallest absolute Gasteiger partial charge is 0.224 e. The molecule has 1 aliphatic rings. The van der Waals surface area contributed by atoms with Crippen molar-refractivity contribution in [2.24, 2.45) is 5.92 Å². The first-order valence-corrected chi connectivity index (χ1v) is 8.13. The Hall–Kier alpha value is -0.770. The van der Waals surface area contributed by atoms with Crippen molar-refractivity contribution in [3.63, 3.8) is 0 Å². The van der Waals surface area contributed by atoms with Gasteiger partial charge in [0.05, 0.1) is 0 Å². The Bertz CT molecular complexity index is 470. The Morgan fingerprint density at radius 2 is 1.86 bits per heavy atom. The number of hydrogen-bond donors (Lipinski definition) is 2. The Morgan fingerprint density at radius 3 is 2.41 bits per heavy atom. The first kappa shape index (κ1) is 19.3. The number of rotatable bonds is 6. The van der Waals surface area contributed by atoms with E-state index in [-0.39, 0.29) is 29.6 Å². The third kappa shape index (κ3) is 4.61. The molecule has 5 heteroatoms. The highest BCUT2D eigenvalue weighted by Crippen LogP contribution is 2.40. The molecule has 1 aliphatic carbocycles. The Morgan fingerprint density at radius 1 is 1.27 bits per heavy atom. The van der Waals surface area contributed by atoms with Gasteiger partial charge < -0.3 is 10.6 Å². The van der Waals surface area contributed by atoms with Crippen molar-refractivity contribution in [2.75, 3.05) is 20.1 Å². The second-order valence-corrected chi connectivity index (χ2v) is 6.61. The fourth-order valence-corrected chi connectivity index (χ4v) is 3.38. The van der Waals surface area contributed by atoms with Gasteiger partial charge in [-0.1, -0.05) is 43.5 Å². The van der Waals surface area contributed by atoms with Gasteiger partial charge in [-0.15, -0.1) is 12.4 Å². The van der Waals surface area contributed by atoms with E-state index in [1.807, 2.05) is 26.1 Å². The van der Waals surface area contributed by atoms with Crippen molar-refractivity contribution in [1.82, 2.24) is 10.6 Å². The molecule has 0 bridgehead atoms. The van der Waals surface area contributed by atoms with Crippen LogP contribution in [0.3, 0.4) is 0 Å². The first-order chi connectivity index (χ1) is 10.1. The summed E-state index contributed by atoms with van der Waals surface area (Å²) in [7, 11) is 1.87. The predicted octanol–water partition coefficient (Wildman–Crippen LogP) is 3.55. The molecule has 124 valence electrons. The number of hydrogen-bond acceptors (Lipinski definition) is 2. The zero-order chi connectivity index (χ0) is 15.3. The molecule has 0 heterocycles. The number of amides is 1. The molecule has 1 unspecified atom stereocenters. The van der Waals surface area contributed by atoms with E-state index in [4.69, 9.17) is 11.6 Å². The highest BCUT2D eigenvalue weighted by atomic mass is 35.5. The summed E-state index contributed by atoms with van der Waals surface area (Å²) in [4.78, 5) is 12.1. The lowest BCUT2D eigenvalue weighted by Crippen LogP contribution is -2.42. The molecule has 2 rings (SSSR count). The van der Waals surface area contributed by atoms with Crippen molar-refractivity contribution in [2.45, 2.75) is 38.0 Å². The number of benzene rings is 1. The summed E-state index contributed by atoms with van der Waals surface area (Å²) in [6.45, 7) is 3.39. The van der Waals surface area contributed by atoms with Gasteiger partial charge in [-0.2, -0.15) is 0 Å². The molecule has 1 saturated carbocycles. The average Bonchev–Trinajstić information content (AvgIpc) is 2.96. The van der Waals surface area contributed by atoms with Crippen molar-refractivity contribution in [3.8, 4) is 0 Å². The van der Waals surface area contributed by atoms with Crippen LogP contribution < -0.4 is 10.6 Å². The molecule has 0 radical (unpaired) electrons. The summed E-state index contributed by atoms with van der Waals surface area (Å²) in [5.74, 6) is 0.128. The summed E-state index contributed by atoms with van der Waals surface area (Å²) in [5, 5.41) is 6.96. The summed E-state index contributed by atoms with van der Waals surface area (Å²) >= 11 is 5.99. The fourth-order valence-electron chi connectivity index (χ4n) is 3.25. The molecule has 0 aliphatic heterocycles. The van der Waals surface area contributed by atoms with E-state index < -0.39 is 0 Å². The average molecular weight is 345 g/mol. The van der Waals surface area contributed by atoms with Gasteiger partial charge in [0.25, 0.3) is 0 Å². The zero-order valence-electron chi connectivity index (χ0n) is 13.3. The van der Waals surface area contributed by atoms with Crippen LogP contribution in [-0.2, 0) is 10.2 Å². The highest BCUT2D eigenvalue weighted by Gasteiger charge is 2.36. The first-order valence-electron chi connectivity index (χ1n) is 7.76. The van der Waals surface area contributed by atoms with Gasteiger partial charge in [0.15, 0.2) is 0 Å². The molecule has 0 aromatic heterocycles. The van der Waals surface area contributed by atoms with Crippen molar-refractivity contribution in [3.05, 3.63) is 34.9 Å². The Balaban J connectivity index is 0.00000242. The lowest BCUT2D eigenvalue weighted by Gasteiger charge is -2.30. The fraction of sp³-hybridized carbons (Fsp3) is 0.588. The van der Waals surface area contributed by atoms with E-state index in [0.29, 0.717) is 6.54 Å². The minimum Gasteiger partial charge on any atom is -0.355 e. The van der Waals surface area contributed by atoms with Crippen LogP contribution in [0.4, 0.5) is 0 Å². The van der Waals surface area contributed by atoms with Crippen LogP contribution in [0.5, 0.6) is 0 Å². The van der Waals surface area contributed by atoms with Crippen molar-refractivity contribution in [1.29, 1.82) is 0 Å². The maximum Gasteiger partial charge on any atom is 0.224 e. The molecular weight excluding hydrogens is 319 g/mol. The molecule has 1 aromatic rings. The minimum absolute atomic E-state index is 0. The molecule has 1 fully saturated rings. The molecule has 1 aromatic carbocycles. The number of carbonyl (C=O) groups excluding carboxylic acids is 1. The van der Waals surface area contributed by atoms with Gasteiger partial charge in [-0.25, -0.2) is 0 Å². The van der Waals surface area contributed by atoms with Crippen molar-refractivity contribution >= 4 is 29.9 Å². The van der Waals surface area contributed by atoms with Crippen LogP contribution in [0.15, 0.2) is 24.3 Å². The third-order valence-corrected chi connectivity index (χ3v) is 4.83. The highest BCUT2D eigenvalue weighted by molar-refractivity contribution is 6.30. The standard InChI is InChI=1S/C17H25ClN2O.ClH/c1-13(11-19-2)16(21)20-12-17(9-3-4-10-17)14-5-7-15(18)8-6-14;/h5-8,13,19H,3-4,9-12H2,1-2H3,(H,20,21);1H. The topological polar surface area (TPSA) is 41.1 Å². The molecule has 3 nitrogen and oxygen atoms in total. The van der Waals surface area contributed by atoms with Crippen LogP contribution in [-0.4, -0.2) is 26.0 Å². The minimum atomic E-state index is -0.00123. The zero-order valence-corrected chi connectivity index (χ0v) is 14.9. The normalized spacial score (nSPS) is 17.6. The van der Waals surface area contributed by atoms with E-state index in [0.717, 1.165) is 24.4 Å². The summed E-state index contributed by atoms with van der Waals surface area (Å²) in [5.41, 5.74) is 1.38. The van der Waals surface area contributed by atoms with Crippen LogP contribution in [0, 0.1) is 5.92 Å². The van der Waals surface area contributed by atoms with Gasteiger partial charge in [0, 0.05) is 29.4 Å². The molecule has 0 spiro atoms. The largest absolute Gasteiger partial charge is 0.355 e. The molecule has 0 saturated heterocycles. The van der Waals surface area contributed by atoms with E-state index in [2.05, 4.69) is 22.8 Å². The molecule has 1 atom stereocenters. The van der Waals surface area contributed by atoms with E-state index in [1.165, 1.54) is 18.4 Å².